The number of amides is 1. The van der Waals surface area contributed by atoms with Gasteiger partial charge in [-0.05, 0) is 44.0 Å². The molecule has 100 valence electrons. The van der Waals surface area contributed by atoms with Crippen molar-refractivity contribution in [3.63, 3.8) is 0 Å². The van der Waals surface area contributed by atoms with E-state index in [9.17, 15) is 4.79 Å². The summed E-state index contributed by atoms with van der Waals surface area (Å²) in [5.74, 6) is 0.625. The van der Waals surface area contributed by atoms with Gasteiger partial charge in [0.05, 0.1) is 11.1 Å². The van der Waals surface area contributed by atoms with Crippen molar-refractivity contribution in [3.05, 3.63) is 36.0 Å². The number of aromatic nitrogens is 1. The van der Waals surface area contributed by atoms with Crippen LogP contribution in [0.5, 0.6) is 0 Å². The smallest absolute Gasteiger partial charge is 0.253 e. The molecule has 1 aromatic carbocycles. The Labute approximate surface area is 112 Å². The average Bonchev–Trinajstić information content (AvgIpc) is 2.94. The minimum Gasteiger partial charge on any atom is -0.361 e. The predicted octanol–water partition coefficient (Wildman–Crippen LogP) is 1.90. The van der Waals surface area contributed by atoms with Crippen molar-refractivity contribution < 1.29 is 4.79 Å². The van der Waals surface area contributed by atoms with Gasteiger partial charge in [0, 0.05) is 18.1 Å². The molecule has 2 heterocycles. The van der Waals surface area contributed by atoms with Crippen molar-refractivity contribution in [3.8, 4) is 0 Å². The molecule has 0 saturated carbocycles. The number of hydrogen-bond donors (Lipinski definition) is 3. The summed E-state index contributed by atoms with van der Waals surface area (Å²) in [6.45, 7) is 2.90. The number of benzene rings is 1. The molecule has 0 atom stereocenters. The molecule has 4 heteroatoms. The van der Waals surface area contributed by atoms with E-state index in [1.807, 2.05) is 30.5 Å². The molecule has 1 fully saturated rings. The summed E-state index contributed by atoms with van der Waals surface area (Å²) in [7, 11) is 0. The average molecular weight is 257 g/mol. The third kappa shape index (κ3) is 2.63. The van der Waals surface area contributed by atoms with Crippen LogP contribution in [-0.2, 0) is 0 Å². The molecular formula is C15H19N3O. The maximum absolute atomic E-state index is 12.3. The number of para-hydroxylation sites is 1. The number of piperidine rings is 1. The zero-order valence-corrected chi connectivity index (χ0v) is 10.9. The normalized spacial score (nSPS) is 16.6. The highest BCUT2D eigenvalue weighted by Gasteiger charge is 2.15. The van der Waals surface area contributed by atoms with Crippen LogP contribution in [0, 0.1) is 5.92 Å². The number of fused-ring (bicyclic) bond motifs is 1. The molecule has 2 aromatic rings. The van der Waals surface area contributed by atoms with E-state index < -0.39 is 0 Å². The van der Waals surface area contributed by atoms with Crippen LogP contribution in [0.25, 0.3) is 10.9 Å². The van der Waals surface area contributed by atoms with Gasteiger partial charge in [-0.25, -0.2) is 0 Å². The van der Waals surface area contributed by atoms with E-state index in [4.69, 9.17) is 0 Å². The minimum atomic E-state index is 0.0200. The first-order chi connectivity index (χ1) is 9.34. The maximum atomic E-state index is 12.3. The summed E-state index contributed by atoms with van der Waals surface area (Å²) >= 11 is 0. The summed E-state index contributed by atoms with van der Waals surface area (Å²) in [6.07, 6.45) is 4.16. The molecule has 0 radical (unpaired) electrons. The minimum absolute atomic E-state index is 0.0200. The second-order valence-corrected chi connectivity index (χ2v) is 5.15. The van der Waals surface area contributed by atoms with Gasteiger partial charge in [0.2, 0.25) is 0 Å². The second-order valence-electron chi connectivity index (χ2n) is 5.15. The highest BCUT2D eigenvalue weighted by Crippen LogP contribution is 2.17. The number of nitrogens with one attached hydrogen (secondary N) is 3. The first-order valence-corrected chi connectivity index (χ1v) is 6.89. The quantitative estimate of drug-likeness (QED) is 0.786. The zero-order chi connectivity index (χ0) is 13.1. The van der Waals surface area contributed by atoms with Crippen molar-refractivity contribution in [1.82, 2.24) is 15.6 Å². The van der Waals surface area contributed by atoms with Crippen LogP contribution in [-0.4, -0.2) is 30.5 Å². The lowest BCUT2D eigenvalue weighted by atomic mass is 9.98. The Hall–Kier alpha value is -1.81. The highest BCUT2D eigenvalue weighted by molar-refractivity contribution is 6.05. The van der Waals surface area contributed by atoms with Crippen LogP contribution in [0.1, 0.15) is 23.2 Å². The van der Waals surface area contributed by atoms with Gasteiger partial charge < -0.3 is 15.6 Å². The Kier molecular flexibility index (Phi) is 3.51. The lowest BCUT2D eigenvalue weighted by Gasteiger charge is -2.22. The van der Waals surface area contributed by atoms with Crippen molar-refractivity contribution in [2.45, 2.75) is 12.8 Å². The van der Waals surface area contributed by atoms with E-state index in [2.05, 4.69) is 15.6 Å². The van der Waals surface area contributed by atoms with Gasteiger partial charge in [0.25, 0.3) is 5.91 Å². The first kappa shape index (κ1) is 12.2. The van der Waals surface area contributed by atoms with Gasteiger partial charge in [-0.2, -0.15) is 0 Å². The molecule has 1 aliphatic heterocycles. The van der Waals surface area contributed by atoms with Gasteiger partial charge in [0.1, 0.15) is 0 Å². The summed E-state index contributed by atoms with van der Waals surface area (Å²) in [5.41, 5.74) is 1.65. The number of H-pyrrole nitrogens is 1. The Morgan fingerprint density at radius 2 is 2.11 bits per heavy atom. The Morgan fingerprint density at radius 1 is 1.26 bits per heavy atom. The lowest BCUT2D eigenvalue weighted by molar-refractivity contribution is 0.0945. The first-order valence-electron chi connectivity index (χ1n) is 6.89. The van der Waals surface area contributed by atoms with E-state index in [1.165, 1.54) is 0 Å². The number of hydrogen-bond acceptors (Lipinski definition) is 2. The number of carbonyl (C=O) groups is 1. The molecule has 1 amide bonds. The summed E-state index contributed by atoms with van der Waals surface area (Å²) in [6, 6.07) is 7.79. The SMILES string of the molecule is O=C(NCC1CCNCC1)c1cccc2cc[nH]c12. The topological polar surface area (TPSA) is 56.9 Å². The third-order valence-electron chi connectivity index (χ3n) is 3.84. The second kappa shape index (κ2) is 5.45. The van der Waals surface area contributed by atoms with E-state index >= 15 is 0 Å². The van der Waals surface area contributed by atoms with Gasteiger partial charge in [-0.15, -0.1) is 0 Å². The van der Waals surface area contributed by atoms with Crippen LogP contribution in [0.15, 0.2) is 30.5 Å². The Balaban J connectivity index is 1.68. The maximum Gasteiger partial charge on any atom is 0.253 e. The Morgan fingerprint density at radius 3 is 2.95 bits per heavy atom. The van der Waals surface area contributed by atoms with Crippen molar-refractivity contribution in [2.75, 3.05) is 19.6 Å². The molecular weight excluding hydrogens is 238 g/mol. The van der Waals surface area contributed by atoms with Crippen LogP contribution >= 0.6 is 0 Å². The molecule has 4 nitrogen and oxygen atoms in total. The predicted molar refractivity (Wildman–Crippen MR) is 76.2 cm³/mol. The number of aromatic amines is 1. The Bertz CT molecular complexity index is 570. The fraction of sp³-hybridized carbons (Fsp3) is 0.400. The lowest BCUT2D eigenvalue weighted by Crippen LogP contribution is -2.36. The fourth-order valence-electron chi connectivity index (χ4n) is 2.69. The zero-order valence-electron chi connectivity index (χ0n) is 10.9. The van der Waals surface area contributed by atoms with Crippen LogP contribution in [0.3, 0.4) is 0 Å². The largest absolute Gasteiger partial charge is 0.361 e. The summed E-state index contributed by atoms with van der Waals surface area (Å²) < 4.78 is 0. The number of carbonyl (C=O) groups excluding carboxylic acids is 1. The van der Waals surface area contributed by atoms with Gasteiger partial charge in [-0.1, -0.05) is 12.1 Å². The van der Waals surface area contributed by atoms with Gasteiger partial charge in [0.15, 0.2) is 0 Å². The van der Waals surface area contributed by atoms with Crippen LogP contribution in [0.2, 0.25) is 0 Å². The molecule has 0 aliphatic carbocycles. The van der Waals surface area contributed by atoms with Crippen molar-refractivity contribution in [2.24, 2.45) is 5.92 Å². The molecule has 3 N–H and O–H groups in total. The van der Waals surface area contributed by atoms with Crippen LogP contribution in [0.4, 0.5) is 0 Å². The molecule has 0 spiro atoms. The summed E-state index contributed by atoms with van der Waals surface area (Å²) in [5, 5.41) is 7.48. The highest BCUT2D eigenvalue weighted by atomic mass is 16.1. The van der Waals surface area contributed by atoms with E-state index in [0.29, 0.717) is 5.92 Å². The van der Waals surface area contributed by atoms with E-state index in [-0.39, 0.29) is 5.91 Å². The molecule has 1 aliphatic rings. The van der Waals surface area contributed by atoms with Gasteiger partial charge >= 0.3 is 0 Å². The van der Waals surface area contributed by atoms with Gasteiger partial charge in [-0.3, -0.25) is 4.79 Å². The van der Waals surface area contributed by atoms with Crippen molar-refractivity contribution in [1.29, 1.82) is 0 Å². The van der Waals surface area contributed by atoms with E-state index in [0.717, 1.165) is 48.9 Å². The fourth-order valence-corrected chi connectivity index (χ4v) is 2.69. The standard InChI is InChI=1S/C15H19N3O/c19-15(18-10-11-4-7-16-8-5-11)13-3-1-2-12-6-9-17-14(12)13/h1-3,6,9,11,16-17H,4-5,7-8,10H2,(H,18,19). The monoisotopic (exact) mass is 257 g/mol. The third-order valence-corrected chi connectivity index (χ3v) is 3.84. The molecule has 1 aromatic heterocycles. The molecule has 0 bridgehead atoms. The van der Waals surface area contributed by atoms with Crippen LogP contribution < -0.4 is 10.6 Å². The number of rotatable bonds is 3. The molecule has 19 heavy (non-hydrogen) atoms. The summed E-state index contributed by atoms with van der Waals surface area (Å²) in [4.78, 5) is 15.4. The van der Waals surface area contributed by atoms with E-state index in [1.54, 1.807) is 0 Å². The molecule has 1 saturated heterocycles. The molecule has 3 rings (SSSR count). The molecule has 0 unspecified atom stereocenters. The van der Waals surface area contributed by atoms with Crippen molar-refractivity contribution >= 4 is 16.8 Å².